The molecule has 5 nitrogen and oxygen atoms in total. The second-order valence-electron chi connectivity index (χ2n) is 6.03. The first-order chi connectivity index (χ1) is 10.9. The van der Waals surface area contributed by atoms with Crippen LogP contribution in [0.3, 0.4) is 0 Å². The number of anilines is 1. The second kappa shape index (κ2) is 6.12. The molecular weight excluding hydrogens is 308 g/mol. The highest BCUT2D eigenvalue weighted by Gasteiger charge is 2.12. The van der Waals surface area contributed by atoms with E-state index in [-0.39, 0.29) is 5.91 Å². The van der Waals surface area contributed by atoms with E-state index in [4.69, 9.17) is 0 Å². The van der Waals surface area contributed by atoms with Gasteiger partial charge in [0.1, 0.15) is 5.82 Å². The van der Waals surface area contributed by atoms with Crippen molar-refractivity contribution < 1.29 is 4.79 Å². The zero-order valence-corrected chi connectivity index (χ0v) is 14.6. The van der Waals surface area contributed by atoms with Crippen molar-refractivity contribution in [1.29, 1.82) is 0 Å². The third-order valence-electron chi connectivity index (χ3n) is 3.73. The summed E-state index contributed by atoms with van der Waals surface area (Å²) >= 11 is 1.44. The fraction of sp³-hybridized carbons (Fsp3) is 0.353. The van der Waals surface area contributed by atoms with Crippen LogP contribution in [0, 0.1) is 6.92 Å². The van der Waals surface area contributed by atoms with Crippen LogP contribution in [-0.2, 0) is 18.3 Å². The molecule has 2 heterocycles. The molecular formula is C17H20N4OS. The van der Waals surface area contributed by atoms with E-state index in [2.05, 4.69) is 33.7 Å². The van der Waals surface area contributed by atoms with E-state index in [0.29, 0.717) is 17.5 Å². The molecule has 0 saturated carbocycles. The summed E-state index contributed by atoms with van der Waals surface area (Å²) in [6.07, 6.45) is 0.322. The fourth-order valence-corrected chi connectivity index (χ4v) is 3.35. The van der Waals surface area contributed by atoms with Gasteiger partial charge in [0, 0.05) is 18.3 Å². The Morgan fingerprint density at radius 1 is 1.35 bits per heavy atom. The van der Waals surface area contributed by atoms with Crippen LogP contribution in [0.2, 0.25) is 0 Å². The monoisotopic (exact) mass is 328 g/mol. The molecule has 1 aromatic carbocycles. The quantitative estimate of drug-likeness (QED) is 0.795. The molecule has 0 fully saturated rings. The lowest BCUT2D eigenvalue weighted by atomic mass is 10.1. The van der Waals surface area contributed by atoms with Crippen LogP contribution < -0.4 is 5.32 Å². The van der Waals surface area contributed by atoms with Gasteiger partial charge in [-0.25, -0.2) is 9.97 Å². The predicted octanol–water partition coefficient (Wildman–Crippen LogP) is 3.64. The number of carbonyl (C=O) groups is 1. The lowest BCUT2D eigenvalue weighted by Crippen LogP contribution is -2.14. The average Bonchev–Trinajstić information content (AvgIpc) is 3.02. The number of nitrogens with one attached hydrogen (secondary N) is 1. The van der Waals surface area contributed by atoms with Crippen molar-refractivity contribution >= 4 is 33.4 Å². The van der Waals surface area contributed by atoms with E-state index in [1.165, 1.54) is 11.3 Å². The Hall–Kier alpha value is -2.21. The summed E-state index contributed by atoms with van der Waals surface area (Å²) < 4.78 is 2.11. The molecule has 0 aliphatic heterocycles. The van der Waals surface area contributed by atoms with E-state index < -0.39 is 0 Å². The second-order valence-corrected chi connectivity index (χ2v) is 6.88. The molecule has 3 aromatic rings. The van der Waals surface area contributed by atoms with E-state index in [1.54, 1.807) is 0 Å². The molecule has 23 heavy (non-hydrogen) atoms. The number of thiazole rings is 1. The summed E-state index contributed by atoms with van der Waals surface area (Å²) in [6.45, 7) is 6.17. The van der Waals surface area contributed by atoms with Gasteiger partial charge in [0.25, 0.3) is 0 Å². The Labute approximate surface area is 139 Å². The topological polar surface area (TPSA) is 59.8 Å². The number of aromatic nitrogens is 3. The van der Waals surface area contributed by atoms with E-state index in [0.717, 1.165) is 28.1 Å². The van der Waals surface area contributed by atoms with Crippen LogP contribution in [0.4, 0.5) is 5.13 Å². The largest absolute Gasteiger partial charge is 0.331 e. The van der Waals surface area contributed by atoms with E-state index >= 15 is 0 Å². The Balaban J connectivity index is 1.79. The van der Waals surface area contributed by atoms with E-state index in [1.807, 2.05) is 37.6 Å². The predicted molar refractivity (Wildman–Crippen MR) is 94.0 cm³/mol. The summed E-state index contributed by atoms with van der Waals surface area (Å²) in [7, 11) is 2.03. The first-order valence-corrected chi connectivity index (χ1v) is 8.49. The van der Waals surface area contributed by atoms with Crippen LogP contribution in [-0.4, -0.2) is 20.4 Å². The van der Waals surface area contributed by atoms with Crippen LogP contribution in [0.25, 0.3) is 11.0 Å². The Kier molecular flexibility index (Phi) is 4.17. The van der Waals surface area contributed by atoms with Crippen LogP contribution in [0.5, 0.6) is 0 Å². The Bertz CT molecular complexity index is 863. The fourth-order valence-electron chi connectivity index (χ4n) is 2.65. The molecule has 0 aliphatic carbocycles. The number of amides is 1. The van der Waals surface area contributed by atoms with Gasteiger partial charge in [0.2, 0.25) is 5.91 Å². The minimum atomic E-state index is -0.0567. The summed E-state index contributed by atoms with van der Waals surface area (Å²) in [5.74, 6) is 1.37. The maximum absolute atomic E-state index is 12.1. The number of benzene rings is 1. The van der Waals surface area contributed by atoms with Gasteiger partial charge in [-0.3, -0.25) is 4.79 Å². The molecule has 0 unspecified atom stereocenters. The van der Waals surface area contributed by atoms with Gasteiger partial charge in [0.15, 0.2) is 5.13 Å². The number of hydrogen-bond acceptors (Lipinski definition) is 4. The molecule has 0 spiro atoms. The number of hydrogen-bond donors (Lipinski definition) is 1. The van der Waals surface area contributed by atoms with Crippen molar-refractivity contribution in [2.75, 3.05) is 5.32 Å². The molecule has 0 saturated heterocycles. The number of nitrogens with zero attached hydrogens (tertiary/aromatic N) is 3. The van der Waals surface area contributed by atoms with Gasteiger partial charge in [-0.2, -0.15) is 0 Å². The molecule has 0 bridgehead atoms. The maximum atomic E-state index is 12.1. The lowest BCUT2D eigenvalue weighted by molar-refractivity contribution is -0.115. The minimum Gasteiger partial charge on any atom is -0.331 e. The standard InChI is InChI=1S/C17H20N4OS/c1-10(2)16-19-13-7-12(5-6-14(13)21(16)4)8-15(22)20-17-18-11(3)9-23-17/h5-7,9-10H,8H2,1-4H3,(H,18,20,22). The first-order valence-electron chi connectivity index (χ1n) is 7.61. The number of rotatable bonds is 4. The van der Waals surface area contributed by atoms with Crippen molar-refractivity contribution in [2.45, 2.75) is 33.1 Å². The van der Waals surface area contributed by atoms with Crippen molar-refractivity contribution in [2.24, 2.45) is 7.05 Å². The summed E-state index contributed by atoms with van der Waals surface area (Å²) in [5.41, 5.74) is 3.90. The molecule has 0 atom stereocenters. The molecule has 120 valence electrons. The number of fused-ring (bicyclic) bond motifs is 1. The SMILES string of the molecule is Cc1csc(NC(=O)Cc2ccc3c(c2)nc(C(C)C)n3C)n1. The van der Waals surface area contributed by atoms with Crippen molar-refractivity contribution in [3.63, 3.8) is 0 Å². The molecule has 0 aliphatic rings. The normalized spacial score (nSPS) is 11.3. The third-order valence-corrected chi connectivity index (χ3v) is 4.60. The highest BCUT2D eigenvalue weighted by Crippen LogP contribution is 2.22. The minimum absolute atomic E-state index is 0.0567. The molecule has 1 amide bonds. The van der Waals surface area contributed by atoms with Crippen LogP contribution >= 0.6 is 11.3 Å². The highest BCUT2D eigenvalue weighted by atomic mass is 32.1. The Morgan fingerprint density at radius 3 is 2.78 bits per heavy atom. The molecule has 6 heteroatoms. The molecule has 0 radical (unpaired) electrons. The zero-order valence-electron chi connectivity index (χ0n) is 13.8. The van der Waals surface area contributed by atoms with Gasteiger partial charge in [-0.15, -0.1) is 11.3 Å². The van der Waals surface area contributed by atoms with Gasteiger partial charge < -0.3 is 9.88 Å². The highest BCUT2D eigenvalue weighted by molar-refractivity contribution is 7.13. The third kappa shape index (κ3) is 3.27. The number of imidazole rings is 1. The van der Waals surface area contributed by atoms with Crippen LogP contribution in [0.1, 0.15) is 36.8 Å². The molecule has 1 N–H and O–H groups in total. The van der Waals surface area contributed by atoms with Crippen LogP contribution in [0.15, 0.2) is 23.6 Å². The van der Waals surface area contributed by atoms with Gasteiger partial charge in [0.05, 0.1) is 23.1 Å². The lowest BCUT2D eigenvalue weighted by Gasteiger charge is -2.04. The summed E-state index contributed by atoms with van der Waals surface area (Å²) in [4.78, 5) is 21.1. The number of carbonyl (C=O) groups excluding carboxylic acids is 1. The maximum Gasteiger partial charge on any atom is 0.230 e. The van der Waals surface area contributed by atoms with Crippen molar-refractivity contribution in [3.8, 4) is 0 Å². The van der Waals surface area contributed by atoms with Crippen molar-refractivity contribution in [3.05, 3.63) is 40.7 Å². The molecule has 2 aromatic heterocycles. The van der Waals surface area contributed by atoms with Gasteiger partial charge in [-0.05, 0) is 24.6 Å². The molecule has 3 rings (SSSR count). The average molecular weight is 328 g/mol. The first kappa shape index (κ1) is 15.7. The van der Waals surface area contributed by atoms with Gasteiger partial charge >= 0.3 is 0 Å². The summed E-state index contributed by atoms with van der Waals surface area (Å²) in [5, 5.41) is 5.40. The zero-order chi connectivity index (χ0) is 16.6. The van der Waals surface area contributed by atoms with Gasteiger partial charge in [-0.1, -0.05) is 19.9 Å². The smallest absolute Gasteiger partial charge is 0.230 e. The number of aryl methyl sites for hydroxylation is 2. The Morgan fingerprint density at radius 2 is 2.13 bits per heavy atom. The van der Waals surface area contributed by atoms with E-state index in [9.17, 15) is 4.79 Å². The summed E-state index contributed by atoms with van der Waals surface area (Å²) in [6, 6.07) is 6.01. The van der Waals surface area contributed by atoms with Crippen molar-refractivity contribution in [1.82, 2.24) is 14.5 Å².